The number of carbonyl (C=O) groups excluding carboxylic acids is 1. The highest BCUT2D eigenvalue weighted by Gasteiger charge is 2.15. The van der Waals surface area contributed by atoms with Crippen LogP contribution in [0.15, 0.2) is 103 Å². The lowest BCUT2D eigenvalue weighted by Gasteiger charge is -2.15. The second-order valence-corrected chi connectivity index (χ2v) is 8.44. The molecule has 0 amide bonds. The van der Waals surface area contributed by atoms with Crippen LogP contribution in [0.5, 0.6) is 5.75 Å². The third kappa shape index (κ3) is 6.02. The Morgan fingerprint density at radius 2 is 1.76 bits per heavy atom. The van der Waals surface area contributed by atoms with Crippen LogP contribution in [0.4, 0.5) is 5.82 Å². The average molecular weight is 508 g/mol. The van der Waals surface area contributed by atoms with E-state index in [1.54, 1.807) is 13.3 Å². The summed E-state index contributed by atoms with van der Waals surface area (Å²) in [6.45, 7) is 3.22. The minimum absolute atomic E-state index is 0.544. The standard InChI is InChI=1S/C27H23N5OS.C2H2O/c1-33-23-14-13-19(16-24(23)34-28)26-31-22-12-7-11-21(18-8-3-2-4-9-18)25(22)27(32-26)30-17-20-10-5-6-15-29-20;1-2-3/h2-16H,17,28H2,1H3,(H,30,31,32);1H2. The van der Waals surface area contributed by atoms with Crippen molar-refractivity contribution in [1.29, 1.82) is 0 Å². The molecule has 5 rings (SSSR count). The van der Waals surface area contributed by atoms with E-state index in [1.807, 2.05) is 66.7 Å². The Bertz CT molecular complexity index is 1520. The summed E-state index contributed by atoms with van der Waals surface area (Å²) < 4.78 is 5.41. The number of aromatic nitrogens is 3. The van der Waals surface area contributed by atoms with Crippen molar-refractivity contribution in [3.63, 3.8) is 0 Å². The zero-order valence-corrected chi connectivity index (χ0v) is 21.0. The van der Waals surface area contributed by atoms with Gasteiger partial charge in [-0.2, -0.15) is 0 Å². The molecule has 5 aromatic rings. The van der Waals surface area contributed by atoms with Crippen LogP contribution < -0.4 is 15.2 Å². The predicted octanol–water partition coefficient (Wildman–Crippen LogP) is 5.95. The first-order chi connectivity index (χ1) is 18.2. The minimum atomic E-state index is 0.544. The van der Waals surface area contributed by atoms with Crippen molar-refractivity contribution in [2.24, 2.45) is 5.14 Å². The molecule has 0 radical (unpaired) electrons. The molecule has 0 fully saturated rings. The highest BCUT2D eigenvalue weighted by Crippen LogP contribution is 2.35. The summed E-state index contributed by atoms with van der Waals surface area (Å²) in [6.07, 6.45) is 1.79. The van der Waals surface area contributed by atoms with Gasteiger partial charge < -0.3 is 10.1 Å². The summed E-state index contributed by atoms with van der Waals surface area (Å²) in [6, 6.07) is 28.1. The third-order valence-electron chi connectivity index (χ3n) is 5.52. The molecule has 37 heavy (non-hydrogen) atoms. The predicted molar refractivity (Wildman–Crippen MR) is 150 cm³/mol. The van der Waals surface area contributed by atoms with Gasteiger partial charge in [0.1, 0.15) is 17.5 Å². The topological polar surface area (TPSA) is 103 Å². The maximum Gasteiger partial charge on any atom is 0.162 e. The van der Waals surface area contributed by atoms with E-state index in [2.05, 4.69) is 35.1 Å². The fraction of sp³-hybridized carbons (Fsp3) is 0.0690. The SMILES string of the molecule is C=C=O.COc1ccc(-c2nc(NCc3ccccn3)c3c(-c4ccccc4)cccc3n2)cc1SN. The van der Waals surface area contributed by atoms with Crippen LogP contribution in [0.1, 0.15) is 5.69 Å². The molecule has 7 nitrogen and oxygen atoms in total. The lowest BCUT2D eigenvalue weighted by atomic mass is 10.0. The summed E-state index contributed by atoms with van der Waals surface area (Å²) in [4.78, 5) is 23.7. The van der Waals surface area contributed by atoms with Crippen LogP contribution >= 0.6 is 11.9 Å². The van der Waals surface area contributed by atoms with Gasteiger partial charge >= 0.3 is 0 Å². The normalized spacial score (nSPS) is 10.2. The molecule has 0 aliphatic carbocycles. The van der Waals surface area contributed by atoms with Gasteiger partial charge in [0.05, 0.1) is 35.1 Å². The van der Waals surface area contributed by atoms with Gasteiger partial charge in [-0.25, -0.2) is 14.8 Å². The van der Waals surface area contributed by atoms with Crippen LogP contribution in [-0.2, 0) is 11.3 Å². The fourth-order valence-corrected chi connectivity index (χ4v) is 4.35. The van der Waals surface area contributed by atoms with E-state index in [0.717, 1.165) is 61.7 Å². The molecule has 0 atom stereocenters. The summed E-state index contributed by atoms with van der Waals surface area (Å²) in [5, 5.41) is 10.3. The Balaban J connectivity index is 0.00000102. The monoisotopic (exact) mass is 507 g/mol. The summed E-state index contributed by atoms with van der Waals surface area (Å²) in [5.74, 6) is 3.33. The molecule has 0 spiro atoms. The first-order valence-electron chi connectivity index (χ1n) is 11.4. The number of rotatable bonds is 7. The molecule has 3 N–H and O–H groups in total. The summed E-state index contributed by atoms with van der Waals surface area (Å²) in [7, 11) is 1.63. The lowest BCUT2D eigenvalue weighted by Crippen LogP contribution is -2.06. The highest BCUT2D eigenvalue weighted by molar-refractivity contribution is 7.97. The summed E-state index contributed by atoms with van der Waals surface area (Å²) >= 11 is 1.14. The number of pyridine rings is 1. The van der Waals surface area contributed by atoms with Gasteiger partial charge in [-0.1, -0.05) is 48.5 Å². The van der Waals surface area contributed by atoms with Gasteiger partial charge in [-0.15, -0.1) is 0 Å². The number of anilines is 1. The van der Waals surface area contributed by atoms with Crippen molar-refractivity contribution < 1.29 is 9.53 Å². The average Bonchev–Trinajstić information content (AvgIpc) is 2.96. The van der Waals surface area contributed by atoms with Crippen molar-refractivity contribution in [3.8, 4) is 28.3 Å². The van der Waals surface area contributed by atoms with E-state index in [4.69, 9.17) is 24.6 Å². The molecule has 184 valence electrons. The molecule has 0 bridgehead atoms. The Morgan fingerprint density at radius 1 is 0.973 bits per heavy atom. The zero-order valence-electron chi connectivity index (χ0n) is 20.2. The molecular formula is C29H25N5O2S. The maximum absolute atomic E-state index is 8.57. The maximum atomic E-state index is 8.57. The number of ether oxygens (including phenoxy) is 1. The van der Waals surface area contributed by atoms with Gasteiger partial charge in [0.2, 0.25) is 0 Å². The number of nitrogens with zero attached hydrogens (tertiary/aromatic N) is 3. The van der Waals surface area contributed by atoms with Crippen molar-refractivity contribution >= 4 is 34.6 Å². The third-order valence-corrected chi connectivity index (χ3v) is 6.09. The largest absolute Gasteiger partial charge is 0.496 e. The quantitative estimate of drug-likeness (QED) is 0.206. The van der Waals surface area contributed by atoms with Gasteiger partial charge in [0, 0.05) is 11.8 Å². The van der Waals surface area contributed by atoms with Crippen molar-refractivity contribution in [2.45, 2.75) is 11.4 Å². The Morgan fingerprint density at radius 3 is 2.46 bits per heavy atom. The minimum Gasteiger partial charge on any atom is -0.496 e. The number of hydrogen-bond donors (Lipinski definition) is 2. The van der Waals surface area contributed by atoms with E-state index >= 15 is 0 Å². The molecule has 0 aliphatic rings. The Kier molecular flexibility index (Phi) is 8.62. The van der Waals surface area contributed by atoms with Gasteiger partial charge in [-0.3, -0.25) is 10.1 Å². The number of nitrogens with one attached hydrogen (secondary N) is 1. The molecule has 0 saturated carbocycles. The molecule has 0 aliphatic heterocycles. The van der Waals surface area contributed by atoms with E-state index in [-0.39, 0.29) is 0 Å². The molecule has 0 unspecified atom stereocenters. The van der Waals surface area contributed by atoms with Crippen molar-refractivity contribution in [1.82, 2.24) is 15.0 Å². The number of methoxy groups -OCH3 is 1. The lowest BCUT2D eigenvalue weighted by molar-refractivity contribution is 0.405. The van der Waals surface area contributed by atoms with Crippen molar-refractivity contribution in [2.75, 3.05) is 12.4 Å². The van der Waals surface area contributed by atoms with Crippen LogP contribution in [0, 0.1) is 0 Å². The second kappa shape index (κ2) is 12.5. The van der Waals surface area contributed by atoms with Gasteiger partial charge in [-0.05, 0) is 66.1 Å². The molecule has 0 saturated heterocycles. The van der Waals surface area contributed by atoms with E-state index in [1.165, 1.54) is 5.94 Å². The number of benzene rings is 3. The smallest absolute Gasteiger partial charge is 0.162 e. The first kappa shape index (κ1) is 25.6. The fourth-order valence-electron chi connectivity index (χ4n) is 3.88. The first-order valence-corrected chi connectivity index (χ1v) is 12.3. The number of hydrogen-bond acceptors (Lipinski definition) is 8. The van der Waals surface area contributed by atoms with E-state index < -0.39 is 0 Å². The van der Waals surface area contributed by atoms with Crippen LogP contribution in [0.3, 0.4) is 0 Å². The van der Waals surface area contributed by atoms with E-state index in [9.17, 15) is 0 Å². The van der Waals surface area contributed by atoms with Gasteiger partial charge in [0.15, 0.2) is 5.82 Å². The van der Waals surface area contributed by atoms with Gasteiger partial charge in [0.25, 0.3) is 0 Å². The highest BCUT2D eigenvalue weighted by atomic mass is 32.2. The molecule has 2 aromatic heterocycles. The van der Waals surface area contributed by atoms with Crippen molar-refractivity contribution in [3.05, 3.63) is 103 Å². The van der Waals surface area contributed by atoms with Crippen LogP contribution in [0.25, 0.3) is 33.4 Å². The Hall–Kier alpha value is -4.49. The molecular weight excluding hydrogens is 482 g/mol. The molecule has 8 heteroatoms. The number of fused-ring (bicyclic) bond motifs is 1. The molecule has 3 aromatic carbocycles. The molecule has 2 heterocycles. The number of nitrogens with two attached hydrogens (primary N) is 1. The van der Waals surface area contributed by atoms with Crippen LogP contribution in [-0.4, -0.2) is 28.0 Å². The Labute approximate surface area is 219 Å². The van der Waals surface area contributed by atoms with E-state index in [0.29, 0.717) is 12.4 Å². The zero-order chi connectivity index (χ0) is 26.0. The van der Waals surface area contributed by atoms with Crippen LogP contribution in [0.2, 0.25) is 0 Å². The second-order valence-electron chi connectivity index (χ2n) is 7.76. The summed E-state index contributed by atoms with van der Waals surface area (Å²) in [5.41, 5.74) is 4.83.